The molecule has 0 aliphatic carbocycles. The predicted octanol–water partition coefficient (Wildman–Crippen LogP) is 3.75. The fourth-order valence-electron chi connectivity index (χ4n) is 3.49. The average molecular weight is 325 g/mol. The first-order valence-electron chi connectivity index (χ1n) is 8.41. The first-order chi connectivity index (χ1) is 11.7. The number of benzene rings is 1. The molecule has 5 nitrogen and oxygen atoms in total. The molecule has 0 saturated carbocycles. The van der Waals surface area contributed by atoms with Crippen molar-refractivity contribution in [2.45, 2.75) is 26.2 Å². The summed E-state index contributed by atoms with van der Waals surface area (Å²) < 4.78 is 10.8. The second-order valence-corrected chi connectivity index (χ2v) is 6.20. The van der Waals surface area contributed by atoms with Crippen LogP contribution in [0, 0.1) is 17.2 Å². The molecule has 0 atom stereocenters. The number of pyridine rings is 1. The highest BCUT2D eigenvalue weighted by Gasteiger charge is 2.23. The van der Waals surface area contributed by atoms with E-state index in [-0.39, 0.29) is 0 Å². The molecule has 0 amide bonds. The number of methoxy groups -OCH3 is 2. The number of piperidine rings is 1. The lowest BCUT2D eigenvalue weighted by molar-refractivity contribution is 0.355. The largest absolute Gasteiger partial charge is 0.493 e. The van der Waals surface area contributed by atoms with Gasteiger partial charge in [0.05, 0.1) is 31.0 Å². The molecule has 0 bridgehead atoms. The average Bonchev–Trinajstić information content (AvgIpc) is 2.65. The van der Waals surface area contributed by atoms with Gasteiger partial charge in [0, 0.05) is 30.7 Å². The number of hydrogen-bond acceptors (Lipinski definition) is 5. The van der Waals surface area contributed by atoms with Gasteiger partial charge in [0.15, 0.2) is 11.5 Å². The minimum absolute atomic E-state index is 0.615. The van der Waals surface area contributed by atoms with E-state index in [1.165, 1.54) is 19.3 Å². The number of nitrogens with zero attached hydrogens (tertiary/aromatic N) is 3. The van der Waals surface area contributed by atoms with Crippen LogP contribution in [0.15, 0.2) is 18.3 Å². The van der Waals surface area contributed by atoms with Gasteiger partial charge in [-0.15, -0.1) is 0 Å². The topological polar surface area (TPSA) is 58.4 Å². The molecule has 0 unspecified atom stereocenters. The van der Waals surface area contributed by atoms with Crippen molar-refractivity contribution in [3.8, 4) is 17.6 Å². The van der Waals surface area contributed by atoms with Crippen molar-refractivity contribution in [3.63, 3.8) is 0 Å². The van der Waals surface area contributed by atoms with E-state index in [4.69, 9.17) is 9.47 Å². The SMILES string of the molecule is CCC1CCN(c2c(C#N)cnc3cc(OC)c(OC)cc23)CC1. The van der Waals surface area contributed by atoms with E-state index in [1.807, 2.05) is 12.1 Å². The van der Waals surface area contributed by atoms with Gasteiger partial charge < -0.3 is 14.4 Å². The summed E-state index contributed by atoms with van der Waals surface area (Å²) in [5.41, 5.74) is 2.40. The first kappa shape index (κ1) is 16.4. The minimum Gasteiger partial charge on any atom is -0.493 e. The van der Waals surface area contributed by atoms with Crippen LogP contribution in [0.3, 0.4) is 0 Å². The van der Waals surface area contributed by atoms with Crippen LogP contribution in [-0.2, 0) is 0 Å². The van der Waals surface area contributed by atoms with Gasteiger partial charge in [0.1, 0.15) is 6.07 Å². The van der Waals surface area contributed by atoms with Crippen molar-refractivity contribution in [3.05, 3.63) is 23.9 Å². The Bertz CT molecular complexity index is 774. The van der Waals surface area contributed by atoms with Crippen molar-refractivity contribution in [1.82, 2.24) is 4.98 Å². The van der Waals surface area contributed by atoms with Crippen LogP contribution in [-0.4, -0.2) is 32.3 Å². The maximum atomic E-state index is 9.56. The Kier molecular flexibility index (Phi) is 4.75. The molecule has 1 aromatic heterocycles. The van der Waals surface area contributed by atoms with E-state index in [0.29, 0.717) is 17.1 Å². The summed E-state index contributed by atoms with van der Waals surface area (Å²) in [6.45, 7) is 4.20. The predicted molar refractivity (Wildman–Crippen MR) is 94.8 cm³/mol. The Morgan fingerprint density at radius 2 is 1.88 bits per heavy atom. The summed E-state index contributed by atoms with van der Waals surface area (Å²) in [7, 11) is 3.24. The smallest absolute Gasteiger partial charge is 0.162 e. The number of rotatable bonds is 4. The van der Waals surface area contributed by atoms with E-state index >= 15 is 0 Å². The molecule has 24 heavy (non-hydrogen) atoms. The third-order valence-corrected chi connectivity index (χ3v) is 4.97. The van der Waals surface area contributed by atoms with Gasteiger partial charge >= 0.3 is 0 Å². The zero-order valence-corrected chi connectivity index (χ0v) is 14.5. The monoisotopic (exact) mass is 325 g/mol. The number of nitriles is 1. The van der Waals surface area contributed by atoms with E-state index in [9.17, 15) is 5.26 Å². The Balaban J connectivity index is 2.12. The zero-order valence-electron chi connectivity index (χ0n) is 14.5. The molecule has 1 saturated heterocycles. The molecule has 1 aliphatic heterocycles. The molecular weight excluding hydrogens is 302 g/mol. The highest BCUT2D eigenvalue weighted by Crippen LogP contribution is 2.38. The number of hydrogen-bond donors (Lipinski definition) is 0. The number of anilines is 1. The van der Waals surface area contributed by atoms with Crippen molar-refractivity contribution in [2.24, 2.45) is 5.92 Å². The molecule has 1 fully saturated rings. The van der Waals surface area contributed by atoms with Gasteiger partial charge in [-0.3, -0.25) is 4.98 Å². The molecule has 1 aromatic carbocycles. The standard InChI is InChI=1S/C19H23N3O2/c1-4-13-5-7-22(8-6-13)19-14(11-20)12-21-16-10-18(24-3)17(23-2)9-15(16)19/h9-10,12-13H,4-8H2,1-3H3. The summed E-state index contributed by atoms with van der Waals surface area (Å²) in [4.78, 5) is 6.76. The van der Waals surface area contributed by atoms with Crippen molar-refractivity contribution in [2.75, 3.05) is 32.2 Å². The minimum atomic E-state index is 0.615. The highest BCUT2D eigenvalue weighted by molar-refractivity contribution is 5.96. The number of aromatic nitrogens is 1. The second kappa shape index (κ2) is 6.96. The Hall–Kier alpha value is -2.48. The van der Waals surface area contributed by atoms with E-state index in [1.54, 1.807) is 20.4 Å². The molecule has 2 aromatic rings. The Morgan fingerprint density at radius 1 is 1.21 bits per heavy atom. The molecule has 126 valence electrons. The van der Waals surface area contributed by atoms with E-state index < -0.39 is 0 Å². The summed E-state index contributed by atoms with van der Waals surface area (Å²) in [6, 6.07) is 6.11. The van der Waals surface area contributed by atoms with Gasteiger partial charge in [-0.2, -0.15) is 5.26 Å². The third kappa shape index (κ3) is 2.84. The van der Waals surface area contributed by atoms with Crippen molar-refractivity contribution in [1.29, 1.82) is 5.26 Å². The molecular formula is C19H23N3O2. The molecule has 0 spiro atoms. The number of fused-ring (bicyclic) bond motifs is 1. The normalized spacial score (nSPS) is 15.3. The van der Waals surface area contributed by atoms with Crippen LogP contribution < -0.4 is 14.4 Å². The quantitative estimate of drug-likeness (QED) is 0.857. The summed E-state index contributed by atoms with van der Waals surface area (Å²) in [5, 5.41) is 10.5. The van der Waals surface area contributed by atoms with E-state index in [0.717, 1.165) is 35.6 Å². The lowest BCUT2D eigenvalue weighted by Gasteiger charge is -2.34. The van der Waals surface area contributed by atoms with Crippen LogP contribution in [0.2, 0.25) is 0 Å². The van der Waals surface area contributed by atoms with Crippen molar-refractivity contribution >= 4 is 16.6 Å². The molecule has 0 radical (unpaired) electrons. The lowest BCUT2D eigenvalue weighted by Crippen LogP contribution is -2.34. The van der Waals surface area contributed by atoms with Crippen LogP contribution in [0.1, 0.15) is 31.7 Å². The highest BCUT2D eigenvalue weighted by atomic mass is 16.5. The molecule has 3 rings (SSSR count). The Morgan fingerprint density at radius 3 is 2.46 bits per heavy atom. The molecule has 5 heteroatoms. The summed E-state index contributed by atoms with van der Waals surface area (Å²) >= 11 is 0. The maximum absolute atomic E-state index is 9.56. The first-order valence-corrected chi connectivity index (χ1v) is 8.41. The number of ether oxygens (including phenoxy) is 2. The maximum Gasteiger partial charge on any atom is 0.162 e. The third-order valence-electron chi connectivity index (χ3n) is 4.97. The second-order valence-electron chi connectivity index (χ2n) is 6.20. The fraction of sp³-hybridized carbons (Fsp3) is 0.474. The van der Waals surface area contributed by atoms with Gasteiger partial charge in [-0.1, -0.05) is 13.3 Å². The van der Waals surface area contributed by atoms with Gasteiger partial charge in [-0.25, -0.2) is 0 Å². The van der Waals surface area contributed by atoms with Gasteiger partial charge in [0.2, 0.25) is 0 Å². The van der Waals surface area contributed by atoms with Crippen LogP contribution in [0.4, 0.5) is 5.69 Å². The molecule has 1 aliphatic rings. The lowest BCUT2D eigenvalue weighted by atomic mass is 9.93. The van der Waals surface area contributed by atoms with Crippen molar-refractivity contribution < 1.29 is 9.47 Å². The van der Waals surface area contributed by atoms with Crippen LogP contribution in [0.25, 0.3) is 10.9 Å². The fourth-order valence-corrected chi connectivity index (χ4v) is 3.49. The zero-order chi connectivity index (χ0) is 17.1. The van der Waals surface area contributed by atoms with Crippen LogP contribution >= 0.6 is 0 Å². The molecule has 0 N–H and O–H groups in total. The van der Waals surface area contributed by atoms with Crippen LogP contribution in [0.5, 0.6) is 11.5 Å². The Labute approximate surface area is 142 Å². The van der Waals surface area contributed by atoms with E-state index in [2.05, 4.69) is 22.9 Å². The summed E-state index contributed by atoms with van der Waals surface area (Å²) in [6.07, 6.45) is 5.22. The van der Waals surface area contributed by atoms with Gasteiger partial charge in [-0.05, 0) is 24.8 Å². The summed E-state index contributed by atoms with van der Waals surface area (Å²) in [5.74, 6) is 2.10. The molecule has 2 heterocycles. The van der Waals surface area contributed by atoms with Gasteiger partial charge in [0.25, 0.3) is 0 Å².